The third-order valence-electron chi connectivity index (χ3n) is 5.55. The molecule has 0 fully saturated rings. The number of nitrogens with one attached hydrogen (secondary N) is 2. The van der Waals surface area contributed by atoms with Gasteiger partial charge in [-0.15, -0.1) is 0 Å². The average Bonchev–Trinajstić information content (AvgIpc) is 2.90. The standard InChI is InChI=1S/C29H24N2O5/c1-18-6-11-23(12-7-18)36-24-13-9-22(10-14-24)31-28(33)26-17-20(8-15-25(26)29(34)35)19-4-3-5-21(16-19)27(32)30-2/h3-17H,1-2H3,(H,30,32)(H,31,33)(H,34,35). The van der Waals surface area contributed by atoms with Crippen LogP contribution >= 0.6 is 0 Å². The summed E-state index contributed by atoms with van der Waals surface area (Å²) in [5.41, 5.74) is 3.24. The van der Waals surface area contributed by atoms with Crippen molar-refractivity contribution < 1.29 is 24.2 Å². The number of carbonyl (C=O) groups is 3. The third-order valence-corrected chi connectivity index (χ3v) is 5.55. The van der Waals surface area contributed by atoms with Gasteiger partial charge in [0.1, 0.15) is 11.5 Å². The molecular formula is C29H24N2O5. The zero-order chi connectivity index (χ0) is 25.7. The number of benzene rings is 4. The largest absolute Gasteiger partial charge is 0.478 e. The average molecular weight is 481 g/mol. The maximum atomic E-state index is 13.1. The van der Waals surface area contributed by atoms with Crippen molar-refractivity contribution in [3.8, 4) is 22.6 Å². The number of rotatable bonds is 7. The van der Waals surface area contributed by atoms with E-state index in [4.69, 9.17) is 4.74 Å². The van der Waals surface area contributed by atoms with Crippen LogP contribution in [0.3, 0.4) is 0 Å². The van der Waals surface area contributed by atoms with Crippen LogP contribution in [0.1, 0.15) is 36.6 Å². The molecule has 7 heteroatoms. The van der Waals surface area contributed by atoms with Crippen LogP contribution in [-0.4, -0.2) is 29.9 Å². The Hall–Kier alpha value is -4.91. The van der Waals surface area contributed by atoms with E-state index in [1.807, 2.05) is 31.2 Å². The number of anilines is 1. The Labute approximate surface area is 208 Å². The maximum Gasteiger partial charge on any atom is 0.336 e. The molecule has 0 unspecified atom stereocenters. The number of carboxylic acid groups (broad SMARTS) is 1. The molecule has 0 aromatic heterocycles. The Kier molecular flexibility index (Phi) is 7.11. The molecule has 0 aliphatic rings. The first-order chi connectivity index (χ1) is 17.3. The summed E-state index contributed by atoms with van der Waals surface area (Å²) in [5, 5.41) is 15.0. The molecule has 0 saturated carbocycles. The fourth-order valence-corrected chi connectivity index (χ4v) is 3.63. The van der Waals surface area contributed by atoms with Crippen LogP contribution in [0.15, 0.2) is 91.0 Å². The molecule has 0 heterocycles. The molecule has 3 N–H and O–H groups in total. The number of carboxylic acids is 1. The van der Waals surface area contributed by atoms with Gasteiger partial charge in [-0.1, -0.05) is 35.9 Å². The summed E-state index contributed by atoms with van der Waals surface area (Å²) in [4.78, 5) is 36.9. The first-order valence-corrected chi connectivity index (χ1v) is 11.2. The van der Waals surface area contributed by atoms with Crippen molar-refractivity contribution in [2.24, 2.45) is 0 Å². The van der Waals surface area contributed by atoms with Crippen LogP contribution in [0.4, 0.5) is 5.69 Å². The van der Waals surface area contributed by atoms with Crippen molar-refractivity contribution in [1.82, 2.24) is 5.32 Å². The van der Waals surface area contributed by atoms with Crippen LogP contribution in [0.25, 0.3) is 11.1 Å². The van der Waals surface area contributed by atoms with E-state index in [0.29, 0.717) is 33.9 Å². The van der Waals surface area contributed by atoms with E-state index in [1.165, 1.54) is 12.1 Å². The lowest BCUT2D eigenvalue weighted by Gasteiger charge is -2.12. The molecular weight excluding hydrogens is 456 g/mol. The topological polar surface area (TPSA) is 105 Å². The van der Waals surface area contributed by atoms with Gasteiger partial charge in [0.05, 0.1) is 11.1 Å². The van der Waals surface area contributed by atoms with E-state index in [0.717, 1.165) is 5.56 Å². The highest BCUT2D eigenvalue weighted by Gasteiger charge is 2.18. The van der Waals surface area contributed by atoms with Crippen LogP contribution in [0, 0.1) is 6.92 Å². The molecule has 0 radical (unpaired) electrons. The van der Waals surface area contributed by atoms with Gasteiger partial charge in [-0.05, 0) is 78.7 Å². The molecule has 2 amide bonds. The van der Waals surface area contributed by atoms with Crippen molar-refractivity contribution in [2.45, 2.75) is 6.92 Å². The molecule has 0 saturated heterocycles. The van der Waals surface area contributed by atoms with Crippen LogP contribution in [0.2, 0.25) is 0 Å². The summed E-state index contributed by atoms with van der Waals surface area (Å²) in [6, 6.07) is 25.8. The number of hydrogen-bond acceptors (Lipinski definition) is 4. The highest BCUT2D eigenvalue weighted by molar-refractivity contribution is 6.11. The Morgan fingerprint density at radius 3 is 2.00 bits per heavy atom. The fraction of sp³-hybridized carbons (Fsp3) is 0.0690. The van der Waals surface area contributed by atoms with Gasteiger partial charge in [0.2, 0.25) is 0 Å². The maximum absolute atomic E-state index is 13.1. The van der Waals surface area contributed by atoms with Gasteiger partial charge in [-0.3, -0.25) is 9.59 Å². The van der Waals surface area contributed by atoms with Crippen molar-refractivity contribution in [3.05, 3.63) is 113 Å². The predicted octanol–water partition coefficient (Wildman–Crippen LogP) is 5.76. The Bertz CT molecular complexity index is 1430. The van der Waals surface area contributed by atoms with Gasteiger partial charge < -0.3 is 20.5 Å². The quantitative estimate of drug-likeness (QED) is 0.312. The van der Waals surface area contributed by atoms with E-state index in [2.05, 4.69) is 10.6 Å². The summed E-state index contributed by atoms with van der Waals surface area (Å²) < 4.78 is 5.81. The second kappa shape index (κ2) is 10.6. The van der Waals surface area contributed by atoms with Crippen LogP contribution in [0.5, 0.6) is 11.5 Å². The Morgan fingerprint density at radius 1 is 0.722 bits per heavy atom. The van der Waals surface area contributed by atoms with Gasteiger partial charge in [0.25, 0.3) is 11.8 Å². The molecule has 0 atom stereocenters. The van der Waals surface area contributed by atoms with Gasteiger partial charge in [0.15, 0.2) is 0 Å². The lowest BCUT2D eigenvalue weighted by Crippen LogP contribution is -2.17. The first kappa shape index (κ1) is 24.2. The third kappa shape index (κ3) is 5.59. The summed E-state index contributed by atoms with van der Waals surface area (Å²) in [6.45, 7) is 1.99. The number of ether oxygens (including phenoxy) is 1. The van der Waals surface area contributed by atoms with Gasteiger partial charge in [-0.25, -0.2) is 4.79 Å². The summed E-state index contributed by atoms with van der Waals surface area (Å²) in [7, 11) is 1.54. The summed E-state index contributed by atoms with van der Waals surface area (Å²) >= 11 is 0. The number of amides is 2. The van der Waals surface area contributed by atoms with Crippen LogP contribution < -0.4 is 15.4 Å². The zero-order valence-electron chi connectivity index (χ0n) is 19.7. The van der Waals surface area contributed by atoms with E-state index in [-0.39, 0.29) is 17.0 Å². The molecule has 180 valence electrons. The highest BCUT2D eigenvalue weighted by Crippen LogP contribution is 2.26. The first-order valence-electron chi connectivity index (χ1n) is 11.2. The minimum absolute atomic E-state index is 0.00493. The molecule has 7 nitrogen and oxygen atoms in total. The molecule has 0 spiro atoms. The minimum atomic E-state index is -1.22. The second-order valence-electron chi connectivity index (χ2n) is 8.12. The van der Waals surface area contributed by atoms with Gasteiger partial charge in [-0.2, -0.15) is 0 Å². The molecule has 4 aromatic rings. The fourth-order valence-electron chi connectivity index (χ4n) is 3.63. The van der Waals surface area contributed by atoms with E-state index in [9.17, 15) is 19.5 Å². The second-order valence-corrected chi connectivity index (χ2v) is 8.12. The molecule has 0 bridgehead atoms. The molecule has 0 aliphatic carbocycles. The zero-order valence-corrected chi connectivity index (χ0v) is 19.7. The Balaban J connectivity index is 1.56. The smallest absolute Gasteiger partial charge is 0.336 e. The minimum Gasteiger partial charge on any atom is -0.478 e. The van der Waals surface area contributed by atoms with E-state index < -0.39 is 11.9 Å². The van der Waals surface area contributed by atoms with Gasteiger partial charge in [0, 0.05) is 18.3 Å². The van der Waals surface area contributed by atoms with E-state index in [1.54, 1.807) is 61.6 Å². The molecule has 4 aromatic carbocycles. The molecule has 0 aliphatic heterocycles. The monoisotopic (exact) mass is 480 g/mol. The molecule has 36 heavy (non-hydrogen) atoms. The van der Waals surface area contributed by atoms with Crippen molar-refractivity contribution in [3.63, 3.8) is 0 Å². The number of aromatic carboxylic acids is 1. The highest BCUT2D eigenvalue weighted by atomic mass is 16.5. The number of carbonyl (C=O) groups excluding carboxylic acids is 2. The lowest BCUT2D eigenvalue weighted by molar-refractivity contribution is 0.0692. The predicted molar refractivity (Wildman–Crippen MR) is 138 cm³/mol. The van der Waals surface area contributed by atoms with Crippen molar-refractivity contribution in [1.29, 1.82) is 0 Å². The number of aryl methyl sites for hydroxylation is 1. The SMILES string of the molecule is CNC(=O)c1cccc(-c2ccc(C(=O)O)c(C(=O)Nc3ccc(Oc4ccc(C)cc4)cc3)c2)c1. The summed E-state index contributed by atoms with van der Waals surface area (Å²) in [6.07, 6.45) is 0. The summed E-state index contributed by atoms with van der Waals surface area (Å²) in [5.74, 6) is -0.731. The molecule has 4 rings (SSSR count). The van der Waals surface area contributed by atoms with E-state index >= 15 is 0 Å². The van der Waals surface area contributed by atoms with Crippen molar-refractivity contribution >= 4 is 23.5 Å². The van der Waals surface area contributed by atoms with Gasteiger partial charge >= 0.3 is 5.97 Å². The lowest BCUT2D eigenvalue weighted by atomic mass is 9.97. The van der Waals surface area contributed by atoms with Crippen molar-refractivity contribution in [2.75, 3.05) is 12.4 Å². The Morgan fingerprint density at radius 2 is 1.36 bits per heavy atom. The van der Waals surface area contributed by atoms with Crippen LogP contribution in [-0.2, 0) is 0 Å². The normalized spacial score (nSPS) is 10.4. The number of hydrogen-bond donors (Lipinski definition) is 3.